The first-order chi connectivity index (χ1) is 10.1. The van der Waals surface area contributed by atoms with Gasteiger partial charge in [0.15, 0.2) is 0 Å². The van der Waals surface area contributed by atoms with E-state index in [9.17, 15) is 9.59 Å². The zero-order valence-corrected chi connectivity index (χ0v) is 12.9. The first kappa shape index (κ1) is 14.8. The molecule has 2 aliphatic heterocycles. The summed E-state index contributed by atoms with van der Waals surface area (Å²) in [5, 5.41) is 2.98. The highest BCUT2D eigenvalue weighted by Gasteiger charge is 2.51. The topological polar surface area (TPSA) is 55.9 Å². The lowest BCUT2D eigenvalue weighted by atomic mass is 9.82. The monoisotopic (exact) mass is 294 g/mol. The minimum absolute atomic E-state index is 0.00474. The smallest absolute Gasteiger partial charge is 0.323 e. The first-order valence-electron chi connectivity index (χ1n) is 8.23. The van der Waals surface area contributed by atoms with E-state index >= 15 is 0 Å². The fourth-order valence-electron chi connectivity index (χ4n) is 3.75. The highest BCUT2D eigenvalue weighted by molar-refractivity contribution is 6.07. The molecule has 0 aromatic rings. The van der Waals surface area contributed by atoms with Gasteiger partial charge in [0.25, 0.3) is 5.91 Å². The van der Waals surface area contributed by atoms with Gasteiger partial charge in [0.1, 0.15) is 5.54 Å². The molecule has 1 spiro atoms. The van der Waals surface area contributed by atoms with Crippen LogP contribution in [0.1, 0.15) is 39.0 Å². The number of carbonyl (C=O) groups is 2. The molecule has 0 aromatic carbocycles. The van der Waals surface area contributed by atoms with Gasteiger partial charge in [-0.15, -0.1) is 0 Å². The van der Waals surface area contributed by atoms with Crippen molar-refractivity contribution in [3.05, 3.63) is 0 Å². The average molecular weight is 294 g/mol. The standard InChI is InChI=1S/C15H26N4O2/c1-2-17-8-10-18(11-9-17)12-19-13(20)15(16-14(19)21)6-4-3-5-7-15/h2-12H2,1H3,(H,16,21). The van der Waals surface area contributed by atoms with Crippen molar-refractivity contribution < 1.29 is 9.59 Å². The molecule has 1 saturated carbocycles. The van der Waals surface area contributed by atoms with Crippen LogP contribution in [-0.2, 0) is 4.79 Å². The Morgan fingerprint density at radius 2 is 1.62 bits per heavy atom. The van der Waals surface area contributed by atoms with E-state index in [1.54, 1.807) is 0 Å². The van der Waals surface area contributed by atoms with E-state index in [1.165, 1.54) is 11.3 Å². The van der Waals surface area contributed by atoms with E-state index < -0.39 is 5.54 Å². The molecule has 3 amide bonds. The van der Waals surface area contributed by atoms with Crippen molar-refractivity contribution in [2.75, 3.05) is 39.4 Å². The number of nitrogens with one attached hydrogen (secondary N) is 1. The number of urea groups is 1. The van der Waals surface area contributed by atoms with E-state index in [-0.39, 0.29) is 11.9 Å². The lowest BCUT2D eigenvalue weighted by molar-refractivity contribution is -0.134. The van der Waals surface area contributed by atoms with Gasteiger partial charge in [0.05, 0.1) is 6.67 Å². The summed E-state index contributed by atoms with van der Waals surface area (Å²) in [6.07, 6.45) is 4.85. The Morgan fingerprint density at radius 3 is 2.24 bits per heavy atom. The van der Waals surface area contributed by atoms with Crippen LogP contribution >= 0.6 is 0 Å². The molecule has 0 radical (unpaired) electrons. The van der Waals surface area contributed by atoms with Gasteiger partial charge >= 0.3 is 6.03 Å². The molecule has 21 heavy (non-hydrogen) atoms. The molecule has 118 valence electrons. The second-order valence-electron chi connectivity index (χ2n) is 6.50. The molecule has 1 N–H and O–H groups in total. The van der Waals surface area contributed by atoms with Gasteiger partial charge in [-0.3, -0.25) is 9.69 Å². The zero-order chi connectivity index (χ0) is 14.9. The lowest BCUT2D eigenvalue weighted by Gasteiger charge is -2.36. The third-order valence-corrected chi connectivity index (χ3v) is 5.21. The number of likely N-dealkylation sites (N-methyl/N-ethyl adjacent to an activating group) is 1. The Kier molecular flexibility index (Phi) is 4.17. The van der Waals surface area contributed by atoms with E-state index in [1.807, 2.05) is 0 Å². The number of hydrogen-bond acceptors (Lipinski definition) is 4. The molecular formula is C15H26N4O2. The quantitative estimate of drug-likeness (QED) is 0.784. The molecule has 0 bridgehead atoms. The normalized spacial score (nSPS) is 27.4. The average Bonchev–Trinajstić information content (AvgIpc) is 2.73. The van der Waals surface area contributed by atoms with Crippen molar-refractivity contribution in [2.45, 2.75) is 44.6 Å². The van der Waals surface area contributed by atoms with Gasteiger partial charge in [0.2, 0.25) is 0 Å². The third-order valence-electron chi connectivity index (χ3n) is 5.21. The van der Waals surface area contributed by atoms with Crippen molar-refractivity contribution in [2.24, 2.45) is 0 Å². The van der Waals surface area contributed by atoms with E-state index in [2.05, 4.69) is 22.0 Å². The second kappa shape index (κ2) is 5.93. The molecule has 6 nitrogen and oxygen atoms in total. The van der Waals surface area contributed by atoms with Crippen LogP contribution in [0.2, 0.25) is 0 Å². The Hall–Kier alpha value is -1.14. The highest BCUT2D eigenvalue weighted by atomic mass is 16.2. The summed E-state index contributed by atoms with van der Waals surface area (Å²) in [5.41, 5.74) is -0.583. The van der Waals surface area contributed by atoms with Crippen LogP contribution in [0, 0.1) is 0 Å². The van der Waals surface area contributed by atoms with Crippen LogP contribution in [0.25, 0.3) is 0 Å². The van der Waals surface area contributed by atoms with Gasteiger partial charge in [-0.2, -0.15) is 0 Å². The van der Waals surface area contributed by atoms with Crippen LogP contribution in [0.3, 0.4) is 0 Å². The largest absolute Gasteiger partial charge is 0.326 e. The summed E-state index contributed by atoms with van der Waals surface area (Å²) in [7, 11) is 0. The molecule has 3 rings (SSSR count). The summed E-state index contributed by atoms with van der Waals surface area (Å²) in [5.74, 6) is 0.00474. The van der Waals surface area contributed by atoms with E-state index in [4.69, 9.17) is 0 Å². The summed E-state index contributed by atoms with van der Waals surface area (Å²) in [6.45, 7) is 7.58. The molecular weight excluding hydrogens is 268 g/mol. The van der Waals surface area contributed by atoms with Crippen LogP contribution < -0.4 is 5.32 Å². The van der Waals surface area contributed by atoms with Crippen molar-refractivity contribution in [3.8, 4) is 0 Å². The second-order valence-corrected chi connectivity index (χ2v) is 6.50. The SMILES string of the molecule is CCN1CCN(CN2C(=O)NC3(CCCCC3)C2=O)CC1. The predicted octanol–water partition coefficient (Wildman–Crippen LogP) is 0.836. The lowest BCUT2D eigenvalue weighted by Crippen LogP contribution is -2.52. The van der Waals surface area contributed by atoms with Crippen LogP contribution in [0.15, 0.2) is 0 Å². The molecule has 2 saturated heterocycles. The fraction of sp³-hybridized carbons (Fsp3) is 0.867. The number of hydrogen-bond donors (Lipinski definition) is 1. The van der Waals surface area contributed by atoms with Crippen molar-refractivity contribution in [1.29, 1.82) is 0 Å². The maximum absolute atomic E-state index is 12.7. The number of imide groups is 1. The van der Waals surface area contributed by atoms with Gasteiger partial charge in [-0.05, 0) is 19.4 Å². The van der Waals surface area contributed by atoms with Crippen LogP contribution in [0.5, 0.6) is 0 Å². The van der Waals surface area contributed by atoms with Gasteiger partial charge in [-0.25, -0.2) is 9.69 Å². The summed E-state index contributed by atoms with van der Waals surface area (Å²) in [4.78, 5) is 30.9. The summed E-state index contributed by atoms with van der Waals surface area (Å²) in [6, 6.07) is -0.195. The number of amides is 3. The van der Waals surface area contributed by atoms with Crippen LogP contribution in [0.4, 0.5) is 4.79 Å². The zero-order valence-electron chi connectivity index (χ0n) is 12.9. The van der Waals surface area contributed by atoms with Crippen molar-refractivity contribution in [3.63, 3.8) is 0 Å². The molecule has 6 heteroatoms. The number of piperazine rings is 1. The third kappa shape index (κ3) is 2.79. The highest BCUT2D eigenvalue weighted by Crippen LogP contribution is 2.33. The molecule has 3 aliphatic rings. The molecule has 1 aliphatic carbocycles. The Balaban J connectivity index is 1.61. The number of rotatable bonds is 3. The maximum Gasteiger partial charge on any atom is 0.326 e. The Morgan fingerprint density at radius 1 is 1.00 bits per heavy atom. The number of nitrogens with zero attached hydrogens (tertiary/aromatic N) is 3. The first-order valence-corrected chi connectivity index (χ1v) is 8.23. The van der Waals surface area contributed by atoms with Gasteiger partial charge in [-0.1, -0.05) is 26.2 Å². The van der Waals surface area contributed by atoms with E-state index in [0.717, 1.165) is 58.4 Å². The van der Waals surface area contributed by atoms with E-state index in [0.29, 0.717) is 6.67 Å². The fourth-order valence-corrected chi connectivity index (χ4v) is 3.75. The van der Waals surface area contributed by atoms with Gasteiger partial charge < -0.3 is 10.2 Å². The summed E-state index contributed by atoms with van der Waals surface area (Å²) >= 11 is 0. The molecule has 3 fully saturated rings. The Bertz CT molecular complexity index is 412. The minimum atomic E-state index is -0.583. The van der Waals surface area contributed by atoms with Gasteiger partial charge in [0, 0.05) is 26.2 Å². The van der Waals surface area contributed by atoms with Crippen LogP contribution in [-0.4, -0.2) is 71.6 Å². The molecule has 0 atom stereocenters. The Labute approximate surface area is 126 Å². The maximum atomic E-state index is 12.7. The minimum Gasteiger partial charge on any atom is -0.323 e. The molecule has 0 unspecified atom stereocenters. The molecule has 2 heterocycles. The molecule has 0 aromatic heterocycles. The number of carbonyl (C=O) groups excluding carboxylic acids is 2. The summed E-state index contributed by atoms with van der Waals surface area (Å²) < 4.78 is 0. The van der Waals surface area contributed by atoms with Crippen molar-refractivity contribution >= 4 is 11.9 Å². The van der Waals surface area contributed by atoms with Crippen molar-refractivity contribution in [1.82, 2.24) is 20.0 Å². The predicted molar refractivity (Wildman–Crippen MR) is 79.7 cm³/mol.